The molecule has 1 saturated heterocycles. The zero-order valence-electron chi connectivity index (χ0n) is 29.2. The van der Waals surface area contributed by atoms with Gasteiger partial charge in [-0.1, -0.05) is 139 Å². The molecule has 0 N–H and O–H groups in total. The predicted molar refractivity (Wildman–Crippen MR) is 190 cm³/mol. The zero-order valence-corrected chi connectivity index (χ0v) is 30.8. The summed E-state index contributed by atoms with van der Waals surface area (Å²) in [5, 5.41) is 2.14. The van der Waals surface area contributed by atoms with Crippen LogP contribution in [0, 0.1) is 12.8 Å². The van der Waals surface area contributed by atoms with Gasteiger partial charge in [0.25, 0.3) is 0 Å². The van der Waals surface area contributed by atoms with E-state index in [1.807, 2.05) is 6.92 Å². The zero-order chi connectivity index (χ0) is 33.1. The molecule has 264 valence electrons. The molecule has 6 nitrogen and oxygen atoms in total. The molecule has 0 aliphatic carbocycles. The van der Waals surface area contributed by atoms with E-state index in [0.29, 0.717) is 6.10 Å². The van der Waals surface area contributed by atoms with E-state index in [1.165, 1.54) is 147 Å². The number of rotatable bonds is 26. The largest absolute Gasteiger partial charge is 0.744 e. The molecule has 8 heteroatoms. The van der Waals surface area contributed by atoms with E-state index in [9.17, 15) is 13.0 Å². The van der Waals surface area contributed by atoms with Crippen molar-refractivity contribution in [3.05, 3.63) is 46.9 Å². The van der Waals surface area contributed by atoms with Gasteiger partial charge in [-0.2, -0.15) is 4.57 Å². The number of unbranched alkanes of at least 4 members (excludes halogenated alkanes) is 17. The topological polar surface area (TPSA) is 79.5 Å². The smallest absolute Gasteiger partial charge is 0.224 e. The lowest BCUT2D eigenvalue weighted by Crippen LogP contribution is -2.29. The number of hydrogen-bond acceptors (Lipinski definition) is 6. The Hall–Kier alpha value is -1.32. The lowest BCUT2D eigenvalue weighted by Gasteiger charge is -2.10. The van der Waals surface area contributed by atoms with E-state index in [1.54, 1.807) is 23.5 Å². The van der Waals surface area contributed by atoms with Crippen molar-refractivity contribution in [3.63, 3.8) is 0 Å². The first-order chi connectivity index (χ1) is 22.4. The van der Waals surface area contributed by atoms with Gasteiger partial charge < -0.3 is 14.0 Å². The highest BCUT2D eigenvalue weighted by Crippen LogP contribution is 2.25. The predicted octanol–water partition coefficient (Wildman–Crippen LogP) is 10.2. The Morgan fingerprint density at radius 1 is 0.826 bits per heavy atom. The Bertz CT molecular complexity index is 1060. The number of aromatic nitrogens is 1. The monoisotopic (exact) mass is 679 g/mol. The third kappa shape index (κ3) is 21.5. The Labute approximate surface area is 286 Å². The van der Waals surface area contributed by atoms with Crippen molar-refractivity contribution in [2.24, 2.45) is 5.92 Å². The second-order valence-corrected chi connectivity index (χ2v) is 15.5. The van der Waals surface area contributed by atoms with E-state index in [4.69, 9.17) is 9.47 Å². The van der Waals surface area contributed by atoms with Crippen molar-refractivity contribution in [1.29, 1.82) is 0 Å². The van der Waals surface area contributed by atoms with Crippen LogP contribution >= 0.6 is 11.3 Å². The number of hydrogen-bond donors (Lipinski definition) is 0. The number of nitrogens with zero attached hydrogens (tertiary/aromatic N) is 1. The van der Waals surface area contributed by atoms with Crippen molar-refractivity contribution in [2.75, 3.05) is 19.8 Å². The number of ether oxygens (including phenoxy) is 2. The molecule has 0 radical (unpaired) electrons. The van der Waals surface area contributed by atoms with Crippen molar-refractivity contribution in [2.45, 2.75) is 166 Å². The molecule has 46 heavy (non-hydrogen) atoms. The lowest BCUT2D eigenvalue weighted by molar-refractivity contribution is -0.692. The number of benzene rings is 1. The number of aryl methyl sites for hydroxylation is 2. The van der Waals surface area contributed by atoms with Gasteiger partial charge in [-0.3, -0.25) is 0 Å². The van der Waals surface area contributed by atoms with Crippen LogP contribution in [0.5, 0.6) is 0 Å². The van der Waals surface area contributed by atoms with E-state index >= 15 is 0 Å². The van der Waals surface area contributed by atoms with E-state index in [0.717, 1.165) is 37.8 Å². The van der Waals surface area contributed by atoms with Gasteiger partial charge in [0.15, 0.2) is 6.20 Å². The lowest BCUT2D eigenvalue weighted by atomic mass is 9.97. The molecule has 2 aromatic rings. The fourth-order valence-corrected chi connectivity index (χ4v) is 7.16. The van der Waals surface area contributed by atoms with Crippen molar-refractivity contribution in [3.8, 4) is 0 Å². The fourth-order valence-electron chi connectivity index (χ4n) is 6.06. The minimum atomic E-state index is -4.27. The molecule has 2 unspecified atom stereocenters. The minimum absolute atomic E-state index is 0.178. The van der Waals surface area contributed by atoms with Crippen molar-refractivity contribution < 1.29 is 27.0 Å². The molecule has 1 aromatic heterocycles. The maximum Gasteiger partial charge on any atom is 0.224 e. The third-order valence-electron chi connectivity index (χ3n) is 8.98. The van der Waals surface area contributed by atoms with Crippen LogP contribution in [0.4, 0.5) is 0 Å². The number of thiazole rings is 1. The van der Waals surface area contributed by atoms with Crippen LogP contribution in [0.2, 0.25) is 0 Å². The molecular weight excluding hydrogens is 615 g/mol. The fraction of sp³-hybridized carbons (Fsp3) is 0.763. The summed E-state index contributed by atoms with van der Waals surface area (Å²) in [7, 11) is -4.27. The second-order valence-electron chi connectivity index (χ2n) is 13.3. The van der Waals surface area contributed by atoms with Crippen molar-refractivity contribution in [1.82, 2.24) is 0 Å². The Morgan fingerprint density at radius 3 is 1.96 bits per heavy atom. The van der Waals surface area contributed by atoms with Gasteiger partial charge in [0.2, 0.25) is 5.51 Å². The summed E-state index contributed by atoms with van der Waals surface area (Å²) in [6.45, 7) is 7.94. The van der Waals surface area contributed by atoms with Gasteiger partial charge >= 0.3 is 0 Å². The molecule has 3 rings (SSSR count). The molecule has 1 aliphatic heterocycles. The third-order valence-corrected chi connectivity index (χ3v) is 10.5. The van der Waals surface area contributed by atoms with E-state index in [2.05, 4.69) is 28.6 Å². The summed E-state index contributed by atoms with van der Waals surface area (Å²) >= 11 is 1.77. The quantitative estimate of drug-likeness (QED) is 0.0562. The Morgan fingerprint density at radius 2 is 1.39 bits per heavy atom. The molecule has 0 bridgehead atoms. The molecule has 2 heterocycles. The first kappa shape index (κ1) is 40.9. The van der Waals surface area contributed by atoms with Gasteiger partial charge in [0.05, 0.1) is 23.0 Å². The molecule has 0 spiro atoms. The van der Waals surface area contributed by atoms with Gasteiger partial charge in [-0.25, -0.2) is 8.42 Å². The van der Waals surface area contributed by atoms with E-state index in [-0.39, 0.29) is 4.90 Å². The molecule has 2 atom stereocenters. The van der Waals surface area contributed by atoms with Gasteiger partial charge in [0, 0.05) is 19.6 Å². The maximum atomic E-state index is 10.4. The van der Waals surface area contributed by atoms with Crippen LogP contribution in [0.15, 0.2) is 46.2 Å². The average Bonchev–Trinajstić information content (AvgIpc) is 3.73. The van der Waals surface area contributed by atoms with Gasteiger partial charge in [0.1, 0.15) is 16.7 Å². The van der Waals surface area contributed by atoms with Crippen LogP contribution < -0.4 is 4.57 Å². The van der Waals surface area contributed by atoms with Crippen LogP contribution in [-0.2, 0) is 26.1 Å². The molecule has 1 aliphatic rings. The molecule has 1 fully saturated rings. The highest BCUT2D eigenvalue weighted by molar-refractivity contribution is 7.85. The van der Waals surface area contributed by atoms with Gasteiger partial charge in [-0.05, 0) is 50.7 Å². The molecule has 0 amide bonds. The van der Waals surface area contributed by atoms with Crippen LogP contribution in [0.3, 0.4) is 0 Å². The normalized spacial score (nSPS) is 16.4. The SMILES string of the molecule is CCCCCCCCCCCCCCCCCC1COC(COCCCCCC[n+]2ccsc2)C1.Cc1ccc(S(=O)(=O)[O-])cc1. The van der Waals surface area contributed by atoms with Crippen LogP contribution in [0.1, 0.15) is 147 Å². The first-order valence-corrected chi connectivity index (χ1v) is 20.9. The summed E-state index contributed by atoms with van der Waals surface area (Å²) in [4.78, 5) is -0.178. The van der Waals surface area contributed by atoms with Crippen molar-refractivity contribution >= 4 is 21.5 Å². The van der Waals surface area contributed by atoms with Crippen LogP contribution in [0.25, 0.3) is 0 Å². The van der Waals surface area contributed by atoms with E-state index < -0.39 is 10.1 Å². The molecular formula is C38H65NO5S2. The average molecular weight is 680 g/mol. The Balaban J connectivity index is 0.000000562. The molecule has 1 aromatic carbocycles. The molecule has 0 saturated carbocycles. The summed E-state index contributed by atoms with van der Waals surface area (Å²) in [5.41, 5.74) is 3.12. The summed E-state index contributed by atoms with van der Waals surface area (Å²) < 4.78 is 45.4. The second kappa shape index (κ2) is 26.6. The summed E-state index contributed by atoms with van der Waals surface area (Å²) in [6, 6.07) is 5.78. The first-order valence-electron chi connectivity index (χ1n) is 18.5. The minimum Gasteiger partial charge on any atom is -0.744 e. The summed E-state index contributed by atoms with van der Waals surface area (Å²) in [5.74, 6) is 0.778. The van der Waals surface area contributed by atoms with Gasteiger partial charge in [-0.15, -0.1) is 0 Å². The Kier molecular flexibility index (Phi) is 23.6. The highest BCUT2D eigenvalue weighted by Gasteiger charge is 2.25. The summed E-state index contributed by atoms with van der Waals surface area (Å²) in [6.07, 6.45) is 31.8. The maximum absolute atomic E-state index is 10.4. The standard InChI is InChI=1S/C31H58NO2S.C7H8O3S/c1-2-3-4-5-6-7-8-9-10-11-12-13-14-15-18-21-30-26-31(34-27-30)28-33-24-20-17-16-19-22-32-23-25-35-29-32;1-6-2-4-7(5-3-6)11(8,9)10/h23,25,29-31H,2-22,24,26-28H2,1H3;2-5H,1H3,(H,8,9,10)/q+1;/p-1. The van der Waals surface area contributed by atoms with Crippen LogP contribution in [-0.4, -0.2) is 38.9 Å². The highest BCUT2D eigenvalue weighted by atomic mass is 32.2.